The highest BCUT2D eigenvalue weighted by molar-refractivity contribution is 6.97. The first-order chi connectivity index (χ1) is 24.0. The monoisotopic (exact) mass is 633 g/mol. The van der Waals surface area contributed by atoms with Crippen molar-refractivity contribution < 1.29 is 8.78 Å². The molecule has 0 unspecified atom stereocenters. The van der Waals surface area contributed by atoms with Gasteiger partial charge in [0.25, 0.3) is 0 Å². The van der Waals surface area contributed by atoms with Crippen LogP contribution in [0.4, 0.5) is 25.8 Å². The van der Waals surface area contributed by atoms with Crippen LogP contribution in [0.25, 0.3) is 43.1 Å². The Morgan fingerprint density at radius 2 is 1.00 bits per heavy atom. The van der Waals surface area contributed by atoms with Gasteiger partial charge in [0, 0.05) is 16.8 Å². The van der Waals surface area contributed by atoms with Crippen molar-refractivity contribution in [2.45, 2.75) is 6.92 Å². The molecule has 0 saturated heterocycles. The molecule has 0 N–H and O–H groups in total. The molecule has 0 atom stereocenters. The zero-order valence-electron chi connectivity index (χ0n) is 26.9. The Morgan fingerprint density at radius 3 is 1.69 bits per heavy atom. The summed E-state index contributed by atoms with van der Waals surface area (Å²) in [7, 11) is 0. The minimum atomic E-state index is -0.283. The summed E-state index contributed by atoms with van der Waals surface area (Å²) in [5, 5.41) is 9.38. The van der Waals surface area contributed by atoms with Crippen LogP contribution < -0.4 is 21.3 Å². The Balaban J connectivity index is 1.32. The lowest BCUT2D eigenvalue weighted by Crippen LogP contribution is -2.52. The minimum Gasteiger partial charge on any atom is -0.310 e. The number of rotatable bonds is 6. The van der Waals surface area contributed by atoms with Gasteiger partial charge in [0.15, 0.2) is 0 Å². The molecule has 9 aromatic carbocycles. The smallest absolute Gasteiger partial charge is 0.241 e. The summed E-state index contributed by atoms with van der Waals surface area (Å²) >= 11 is 0. The highest BCUT2D eigenvalue weighted by atomic mass is 19.1. The summed E-state index contributed by atoms with van der Waals surface area (Å²) in [5.74, 6) is -0.566. The van der Waals surface area contributed by atoms with Gasteiger partial charge in [0.1, 0.15) is 11.6 Å². The summed E-state index contributed by atoms with van der Waals surface area (Å²) < 4.78 is 28.3. The predicted octanol–water partition coefficient (Wildman–Crippen LogP) is 10.3. The summed E-state index contributed by atoms with van der Waals surface area (Å²) in [4.78, 5) is 2.38. The van der Waals surface area contributed by atoms with Crippen LogP contribution in [0.3, 0.4) is 0 Å². The van der Waals surface area contributed by atoms with Gasteiger partial charge in [-0.1, -0.05) is 132 Å². The number of aryl methyl sites for hydroxylation is 1. The van der Waals surface area contributed by atoms with Gasteiger partial charge in [-0.25, -0.2) is 8.78 Å². The fourth-order valence-corrected chi connectivity index (χ4v) is 7.65. The normalized spacial score (nSPS) is 11.6. The quantitative estimate of drug-likeness (QED) is 0.130. The van der Waals surface area contributed by atoms with E-state index >= 15 is 0 Å². The molecule has 0 aliphatic carbocycles. The number of fused-ring (bicyclic) bond motifs is 1. The number of hydrogen-bond acceptors (Lipinski definition) is 1. The lowest BCUT2D eigenvalue weighted by molar-refractivity contribution is 0.628. The molecule has 0 saturated carbocycles. The Kier molecular flexibility index (Phi) is 6.91. The second-order valence-corrected chi connectivity index (χ2v) is 12.9. The molecular formula is C45H30BF2N. The molecule has 0 amide bonds. The van der Waals surface area contributed by atoms with Gasteiger partial charge in [0.2, 0.25) is 6.71 Å². The van der Waals surface area contributed by atoms with Gasteiger partial charge < -0.3 is 4.90 Å². The Morgan fingerprint density at radius 1 is 0.449 bits per heavy atom. The number of para-hydroxylation sites is 1. The molecule has 49 heavy (non-hydrogen) atoms. The fourth-order valence-electron chi connectivity index (χ4n) is 7.65. The molecule has 9 rings (SSSR count). The van der Waals surface area contributed by atoms with Crippen molar-refractivity contribution in [3.8, 4) is 0 Å². The number of benzene rings is 9. The van der Waals surface area contributed by atoms with E-state index in [1.54, 1.807) is 0 Å². The fraction of sp³-hybridized carbons (Fsp3) is 0.0222. The van der Waals surface area contributed by atoms with E-state index in [9.17, 15) is 8.78 Å². The first kappa shape index (κ1) is 29.2. The highest BCUT2D eigenvalue weighted by Gasteiger charge is 2.26. The summed E-state index contributed by atoms with van der Waals surface area (Å²) in [5.41, 5.74) is 7.50. The van der Waals surface area contributed by atoms with Crippen LogP contribution in [0.5, 0.6) is 0 Å². The van der Waals surface area contributed by atoms with E-state index in [4.69, 9.17) is 0 Å². The third kappa shape index (κ3) is 4.91. The van der Waals surface area contributed by atoms with Gasteiger partial charge in [-0.2, -0.15) is 0 Å². The molecule has 1 nitrogen and oxygen atoms in total. The van der Waals surface area contributed by atoms with Crippen molar-refractivity contribution in [2.75, 3.05) is 4.90 Å². The molecule has 0 fully saturated rings. The van der Waals surface area contributed by atoms with Crippen molar-refractivity contribution in [1.82, 2.24) is 0 Å². The van der Waals surface area contributed by atoms with Crippen LogP contribution >= 0.6 is 0 Å². The maximum absolute atomic E-state index is 14.1. The van der Waals surface area contributed by atoms with Crippen molar-refractivity contribution in [2.24, 2.45) is 0 Å². The summed E-state index contributed by atoms with van der Waals surface area (Å²) in [6.45, 7) is 1.95. The van der Waals surface area contributed by atoms with E-state index in [2.05, 4.69) is 127 Å². The first-order valence-electron chi connectivity index (χ1n) is 16.6. The van der Waals surface area contributed by atoms with Gasteiger partial charge in [0.05, 0.1) is 5.69 Å². The second-order valence-electron chi connectivity index (χ2n) is 12.9. The van der Waals surface area contributed by atoms with Gasteiger partial charge in [-0.15, -0.1) is 0 Å². The minimum absolute atomic E-state index is 0.216. The molecule has 0 heterocycles. The zero-order chi connectivity index (χ0) is 33.1. The summed E-state index contributed by atoms with van der Waals surface area (Å²) in [6.07, 6.45) is 0. The molecule has 0 radical (unpaired) electrons. The molecule has 232 valence electrons. The lowest BCUT2D eigenvalue weighted by Gasteiger charge is -2.29. The van der Waals surface area contributed by atoms with Crippen LogP contribution in [0.15, 0.2) is 164 Å². The maximum Gasteiger partial charge on any atom is 0.241 e. The zero-order valence-corrected chi connectivity index (χ0v) is 26.9. The number of halogens is 2. The van der Waals surface area contributed by atoms with Crippen molar-refractivity contribution in [3.63, 3.8) is 0 Å². The van der Waals surface area contributed by atoms with E-state index in [1.807, 2.05) is 24.3 Å². The SMILES string of the molecule is Cc1ccccc1N(c1ccc2ccccc2c1)c1ccc2ccc3c(B(c4ccc(F)cc4)c4ccc(F)cc4)ccc4ccc1c2c43. The standard InChI is InChI=1S/C45H30BF2N/c1-29-6-2-5-9-42(29)49(38-23-10-30-7-3-4-8-33(30)28-38)43-27-14-32-11-24-39-41(26-13-31-12-25-40(43)45(32)44(31)39)46(34-15-19-36(47)20-16-34)35-17-21-37(48)22-18-35/h2-28H,1H3. The van der Waals surface area contributed by atoms with E-state index in [1.165, 1.54) is 51.4 Å². The molecule has 0 bridgehead atoms. The molecule has 0 aromatic heterocycles. The van der Waals surface area contributed by atoms with Crippen molar-refractivity contribution >= 4 is 83.3 Å². The largest absolute Gasteiger partial charge is 0.310 e. The number of nitrogens with zero attached hydrogens (tertiary/aromatic N) is 1. The van der Waals surface area contributed by atoms with Crippen LogP contribution in [-0.4, -0.2) is 6.71 Å². The van der Waals surface area contributed by atoms with Crippen molar-refractivity contribution in [3.05, 3.63) is 181 Å². The maximum atomic E-state index is 14.1. The molecule has 0 spiro atoms. The van der Waals surface area contributed by atoms with Gasteiger partial charge >= 0.3 is 0 Å². The van der Waals surface area contributed by atoms with E-state index in [0.29, 0.717) is 0 Å². The van der Waals surface area contributed by atoms with Gasteiger partial charge in [-0.05, 0) is 98.7 Å². The van der Waals surface area contributed by atoms with Crippen LogP contribution in [-0.2, 0) is 0 Å². The highest BCUT2D eigenvalue weighted by Crippen LogP contribution is 2.44. The molecule has 0 aliphatic heterocycles. The third-order valence-corrected chi connectivity index (χ3v) is 9.98. The van der Waals surface area contributed by atoms with E-state index in [0.717, 1.165) is 55.0 Å². The Labute approximate surface area is 284 Å². The van der Waals surface area contributed by atoms with E-state index < -0.39 is 0 Å². The Bertz CT molecular complexity index is 2600. The van der Waals surface area contributed by atoms with Crippen LogP contribution in [0, 0.1) is 18.6 Å². The lowest BCUT2D eigenvalue weighted by atomic mass is 9.36. The molecule has 0 aliphatic rings. The van der Waals surface area contributed by atoms with Gasteiger partial charge in [-0.3, -0.25) is 0 Å². The summed E-state index contributed by atoms with van der Waals surface area (Å²) in [6, 6.07) is 54.8. The molecule has 4 heteroatoms. The second kappa shape index (κ2) is 11.6. The van der Waals surface area contributed by atoms with Crippen molar-refractivity contribution in [1.29, 1.82) is 0 Å². The number of hydrogen-bond donors (Lipinski definition) is 0. The first-order valence-corrected chi connectivity index (χ1v) is 16.6. The topological polar surface area (TPSA) is 3.24 Å². The van der Waals surface area contributed by atoms with Crippen LogP contribution in [0.2, 0.25) is 0 Å². The Hall–Kier alpha value is -6.00. The predicted molar refractivity (Wildman–Crippen MR) is 205 cm³/mol. The number of anilines is 3. The average molecular weight is 634 g/mol. The van der Waals surface area contributed by atoms with E-state index in [-0.39, 0.29) is 18.3 Å². The third-order valence-electron chi connectivity index (χ3n) is 9.98. The van der Waals surface area contributed by atoms with Crippen LogP contribution in [0.1, 0.15) is 5.56 Å². The molecule has 9 aromatic rings. The molecular weight excluding hydrogens is 603 g/mol. The average Bonchev–Trinajstić information content (AvgIpc) is 3.14.